The number of aromatic nitrogens is 1. The van der Waals surface area contributed by atoms with Gasteiger partial charge in [-0.15, -0.1) is 11.3 Å². The number of carbonyl (C=O) groups excluding carboxylic acids is 1. The molecule has 0 aliphatic heterocycles. The molecular formula is C13H15N3O2S. The van der Waals surface area contributed by atoms with Gasteiger partial charge in [0.05, 0.1) is 19.2 Å². The monoisotopic (exact) mass is 277 g/mol. The summed E-state index contributed by atoms with van der Waals surface area (Å²) in [5.74, 6) is 0.369. The lowest BCUT2D eigenvalue weighted by Crippen LogP contribution is -2.23. The third kappa shape index (κ3) is 3.23. The number of amides is 1. The standard InChI is InChI=1S/C13H15N3O2S/c1-8-6-15-12(19-8)7-16-13(17)10-5-9(18-2)3-4-11(10)14/h3-6H,7,14H2,1-2H3,(H,16,17). The van der Waals surface area contributed by atoms with Crippen molar-refractivity contribution in [2.24, 2.45) is 0 Å². The second-order valence-corrected chi connectivity index (χ2v) is 5.32. The highest BCUT2D eigenvalue weighted by molar-refractivity contribution is 7.11. The molecule has 1 aromatic heterocycles. The van der Waals surface area contributed by atoms with E-state index in [-0.39, 0.29) is 5.91 Å². The number of carbonyl (C=O) groups is 1. The van der Waals surface area contributed by atoms with Gasteiger partial charge < -0.3 is 15.8 Å². The minimum atomic E-state index is -0.232. The zero-order chi connectivity index (χ0) is 13.8. The number of nitrogens with one attached hydrogen (secondary N) is 1. The maximum atomic E-state index is 12.0. The van der Waals surface area contributed by atoms with Crippen molar-refractivity contribution in [3.63, 3.8) is 0 Å². The molecule has 19 heavy (non-hydrogen) atoms. The average molecular weight is 277 g/mol. The summed E-state index contributed by atoms with van der Waals surface area (Å²) in [6.45, 7) is 2.37. The van der Waals surface area contributed by atoms with Crippen molar-refractivity contribution in [2.75, 3.05) is 12.8 Å². The highest BCUT2D eigenvalue weighted by atomic mass is 32.1. The normalized spacial score (nSPS) is 10.2. The predicted molar refractivity (Wildman–Crippen MR) is 75.4 cm³/mol. The Hall–Kier alpha value is -2.08. The number of anilines is 1. The van der Waals surface area contributed by atoms with Gasteiger partial charge in [-0.05, 0) is 25.1 Å². The minimum absolute atomic E-state index is 0.232. The molecule has 1 aromatic carbocycles. The van der Waals surface area contributed by atoms with Gasteiger partial charge in [0, 0.05) is 16.8 Å². The molecule has 5 nitrogen and oxygen atoms in total. The first-order chi connectivity index (χ1) is 9.10. The fourth-order valence-corrected chi connectivity index (χ4v) is 2.32. The van der Waals surface area contributed by atoms with Crippen LogP contribution in [-0.4, -0.2) is 18.0 Å². The lowest BCUT2D eigenvalue weighted by atomic mass is 10.1. The number of nitrogens with zero attached hydrogens (tertiary/aromatic N) is 1. The van der Waals surface area contributed by atoms with Gasteiger partial charge in [-0.2, -0.15) is 0 Å². The first kappa shape index (κ1) is 13.4. The van der Waals surface area contributed by atoms with Gasteiger partial charge in [-0.25, -0.2) is 4.98 Å². The lowest BCUT2D eigenvalue weighted by molar-refractivity contribution is 0.0951. The molecule has 0 radical (unpaired) electrons. The Bertz CT molecular complexity index is 595. The number of ether oxygens (including phenoxy) is 1. The minimum Gasteiger partial charge on any atom is -0.497 e. The van der Waals surface area contributed by atoms with E-state index in [0.717, 1.165) is 9.88 Å². The van der Waals surface area contributed by atoms with Crippen LogP contribution >= 0.6 is 11.3 Å². The molecule has 0 aliphatic carbocycles. The summed E-state index contributed by atoms with van der Waals surface area (Å²) < 4.78 is 5.08. The summed E-state index contributed by atoms with van der Waals surface area (Å²) in [4.78, 5) is 17.3. The van der Waals surface area contributed by atoms with Gasteiger partial charge in [0.25, 0.3) is 5.91 Å². The maximum Gasteiger partial charge on any atom is 0.253 e. The van der Waals surface area contributed by atoms with Crippen molar-refractivity contribution in [1.82, 2.24) is 10.3 Å². The lowest BCUT2D eigenvalue weighted by Gasteiger charge is -2.08. The predicted octanol–water partition coefficient (Wildman–Crippen LogP) is 1.97. The molecule has 0 atom stereocenters. The molecule has 0 spiro atoms. The van der Waals surface area contributed by atoms with Gasteiger partial charge in [0.15, 0.2) is 0 Å². The van der Waals surface area contributed by atoms with E-state index in [1.54, 1.807) is 42.8 Å². The van der Waals surface area contributed by atoms with E-state index >= 15 is 0 Å². The number of methoxy groups -OCH3 is 1. The molecular weight excluding hydrogens is 262 g/mol. The van der Waals surface area contributed by atoms with Crippen LogP contribution in [0.25, 0.3) is 0 Å². The second kappa shape index (κ2) is 5.71. The molecule has 0 saturated heterocycles. The summed E-state index contributed by atoms with van der Waals surface area (Å²) in [7, 11) is 1.55. The second-order valence-electron chi connectivity index (χ2n) is 4.00. The summed E-state index contributed by atoms with van der Waals surface area (Å²) in [5.41, 5.74) is 6.62. The fourth-order valence-electron chi connectivity index (χ4n) is 1.59. The average Bonchev–Trinajstić information content (AvgIpc) is 2.82. The topological polar surface area (TPSA) is 77.2 Å². The van der Waals surface area contributed by atoms with Crippen LogP contribution in [0.2, 0.25) is 0 Å². The summed E-state index contributed by atoms with van der Waals surface area (Å²) in [5, 5.41) is 3.66. The molecule has 6 heteroatoms. The molecule has 0 aliphatic rings. The Morgan fingerprint density at radius 3 is 2.95 bits per heavy atom. The Kier molecular flexibility index (Phi) is 4.01. The van der Waals surface area contributed by atoms with Crippen LogP contribution < -0.4 is 15.8 Å². The van der Waals surface area contributed by atoms with Crippen LogP contribution in [0.4, 0.5) is 5.69 Å². The summed E-state index contributed by atoms with van der Waals surface area (Å²) in [6.07, 6.45) is 1.78. The molecule has 1 heterocycles. The molecule has 100 valence electrons. The van der Waals surface area contributed by atoms with Crippen LogP contribution in [0.15, 0.2) is 24.4 Å². The van der Waals surface area contributed by atoms with Crippen LogP contribution in [0.3, 0.4) is 0 Å². The van der Waals surface area contributed by atoms with E-state index in [1.807, 2.05) is 6.92 Å². The van der Waals surface area contributed by atoms with Crippen molar-refractivity contribution in [3.05, 3.63) is 39.8 Å². The van der Waals surface area contributed by atoms with E-state index < -0.39 is 0 Å². The van der Waals surface area contributed by atoms with E-state index in [0.29, 0.717) is 23.5 Å². The van der Waals surface area contributed by atoms with Crippen LogP contribution in [-0.2, 0) is 6.54 Å². The van der Waals surface area contributed by atoms with Crippen LogP contribution in [0.5, 0.6) is 5.75 Å². The molecule has 0 unspecified atom stereocenters. The van der Waals surface area contributed by atoms with Gasteiger partial charge in [0.2, 0.25) is 0 Å². The molecule has 0 saturated carbocycles. The molecule has 0 fully saturated rings. The molecule has 1 amide bonds. The third-order valence-electron chi connectivity index (χ3n) is 2.57. The van der Waals surface area contributed by atoms with E-state index in [9.17, 15) is 4.79 Å². The van der Waals surface area contributed by atoms with Crippen molar-refractivity contribution >= 4 is 22.9 Å². The SMILES string of the molecule is COc1ccc(N)c(C(=O)NCc2ncc(C)s2)c1. The van der Waals surface area contributed by atoms with Crippen molar-refractivity contribution in [2.45, 2.75) is 13.5 Å². The number of benzene rings is 1. The number of rotatable bonds is 4. The summed E-state index contributed by atoms with van der Waals surface area (Å²) >= 11 is 1.55. The van der Waals surface area contributed by atoms with Crippen molar-refractivity contribution < 1.29 is 9.53 Å². The first-order valence-electron chi connectivity index (χ1n) is 5.73. The Morgan fingerprint density at radius 2 is 2.32 bits per heavy atom. The number of aryl methyl sites for hydroxylation is 1. The van der Waals surface area contributed by atoms with E-state index in [4.69, 9.17) is 10.5 Å². The number of thiazole rings is 1. The number of hydrogen-bond donors (Lipinski definition) is 2. The highest BCUT2D eigenvalue weighted by Gasteiger charge is 2.11. The zero-order valence-corrected chi connectivity index (χ0v) is 11.6. The molecule has 0 bridgehead atoms. The largest absolute Gasteiger partial charge is 0.497 e. The number of hydrogen-bond acceptors (Lipinski definition) is 5. The third-order valence-corrected chi connectivity index (χ3v) is 3.49. The van der Waals surface area contributed by atoms with Crippen LogP contribution in [0, 0.1) is 6.92 Å². The molecule has 2 rings (SSSR count). The van der Waals surface area contributed by atoms with Crippen LogP contribution in [0.1, 0.15) is 20.2 Å². The zero-order valence-electron chi connectivity index (χ0n) is 10.8. The van der Waals surface area contributed by atoms with Gasteiger partial charge in [-0.3, -0.25) is 4.79 Å². The van der Waals surface area contributed by atoms with E-state index in [1.165, 1.54) is 0 Å². The van der Waals surface area contributed by atoms with Crippen molar-refractivity contribution in [3.8, 4) is 5.75 Å². The first-order valence-corrected chi connectivity index (χ1v) is 6.55. The number of nitrogens with two attached hydrogens (primary N) is 1. The molecule has 3 N–H and O–H groups in total. The quantitative estimate of drug-likeness (QED) is 0.838. The Labute approximate surface area is 115 Å². The number of nitrogen functional groups attached to an aromatic ring is 1. The van der Waals surface area contributed by atoms with Crippen molar-refractivity contribution in [1.29, 1.82) is 0 Å². The fraction of sp³-hybridized carbons (Fsp3) is 0.231. The Balaban J connectivity index is 2.07. The Morgan fingerprint density at radius 1 is 1.53 bits per heavy atom. The molecule has 2 aromatic rings. The van der Waals surface area contributed by atoms with Gasteiger partial charge >= 0.3 is 0 Å². The highest BCUT2D eigenvalue weighted by Crippen LogP contribution is 2.19. The summed E-state index contributed by atoms with van der Waals surface area (Å²) in [6, 6.07) is 5.00. The smallest absolute Gasteiger partial charge is 0.253 e. The van der Waals surface area contributed by atoms with Gasteiger partial charge in [-0.1, -0.05) is 0 Å². The maximum absolute atomic E-state index is 12.0. The van der Waals surface area contributed by atoms with E-state index in [2.05, 4.69) is 10.3 Å². The van der Waals surface area contributed by atoms with Gasteiger partial charge in [0.1, 0.15) is 10.8 Å².